The second-order valence-corrected chi connectivity index (χ2v) is 8.28. The van der Waals surface area contributed by atoms with Gasteiger partial charge in [0.15, 0.2) is 0 Å². The van der Waals surface area contributed by atoms with E-state index >= 15 is 0 Å². The molecule has 4 aliphatic rings. The summed E-state index contributed by atoms with van der Waals surface area (Å²) >= 11 is 0. The molecule has 0 spiro atoms. The quantitative estimate of drug-likeness (QED) is 0.786. The SMILES string of the molecule is CC(C)OC1=CC[C@H]2NN[C@@H](C3=NC=N[C@H](N4CCC(F)(F)CC4)C3)[C@H]2C1. The average Bonchev–Trinajstić information content (AvgIpc) is 3.04. The normalized spacial score (nSPS) is 36.3. The molecule has 2 saturated heterocycles. The fourth-order valence-corrected chi connectivity index (χ4v) is 4.50. The summed E-state index contributed by atoms with van der Waals surface area (Å²) in [5.41, 5.74) is 7.86. The number of likely N-dealkylation sites (tertiary alicyclic amines) is 1. The molecule has 0 saturated carbocycles. The number of nitrogens with one attached hydrogen (secondary N) is 2. The Morgan fingerprint density at radius 2 is 2.00 bits per heavy atom. The number of ether oxygens (including phenoxy) is 1. The third kappa shape index (κ3) is 4.22. The van der Waals surface area contributed by atoms with Crippen molar-refractivity contribution in [3.05, 3.63) is 11.8 Å². The first-order valence-corrected chi connectivity index (χ1v) is 9.98. The molecule has 4 rings (SSSR count). The lowest BCUT2D eigenvalue weighted by molar-refractivity contribution is -0.0619. The molecular formula is C19H29F2N5O. The molecular weight excluding hydrogens is 352 g/mol. The van der Waals surface area contributed by atoms with E-state index in [0.717, 1.165) is 24.3 Å². The summed E-state index contributed by atoms with van der Waals surface area (Å²) in [7, 11) is 0. The topological polar surface area (TPSA) is 61.2 Å². The van der Waals surface area contributed by atoms with Crippen LogP contribution in [0.25, 0.3) is 0 Å². The molecule has 0 unspecified atom stereocenters. The van der Waals surface area contributed by atoms with Crippen molar-refractivity contribution >= 4 is 12.1 Å². The van der Waals surface area contributed by atoms with Crippen LogP contribution in [-0.2, 0) is 4.74 Å². The Morgan fingerprint density at radius 1 is 1.22 bits per heavy atom. The van der Waals surface area contributed by atoms with Gasteiger partial charge in [-0.25, -0.2) is 19.2 Å². The number of hydrogen-bond donors (Lipinski definition) is 2. The van der Waals surface area contributed by atoms with Gasteiger partial charge in [-0.05, 0) is 26.3 Å². The van der Waals surface area contributed by atoms with Gasteiger partial charge in [-0.1, -0.05) is 0 Å². The Morgan fingerprint density at radius 3 is 2.74 bits per heavy atom. The zero-order chi connectivity index (χ0) is 19.0. The molecule has 8 heteroatoms. The van der Waals surface area contributed by atoms with Crippen molar-refractivity contribution in [2.75, 3.05) is 13.1 Å². The van der Waals surface area contributed by atoms with Gasteiger partial charge < -0.3 is 4.74 Å². The fraction of sp³-hybridized carbons (Fsp3) is 0.789. The minimum Gasteiger partial charge on any atom is -0.496 e. The van der Waals surface area contributed by atoms with Crippen LogP contribution in [0, 0.1) is 5.92 Å². The summed E-state index contributed by atoms with van der Waals surface area (Å²) in [6.45, 7) is 4.87. The van der Waals surface area contributed by atoms with Crippen molar-refractivity contribution in [3.63, 3.8) is 0 Å². The number of nitrogens with zero attached hydrogens (tertiary/aromatic N) is 3. The zero-order valence-electron chi connectivity index (χ0n) is 16.0. The van der Waals surface area contributed by atoms with E-state index in [2.05, 4.69) is 31.8 Å². The first kappa shape index (κ1) is 19.0. The molecule has 2 fully saturated rings. The van der Waals surface area contributed by atoms with Crippen molar-refractivity contribution in [2.24, 2.45) is 15.9 Å². The summed E-state index contributed by atoms with van der Waals surface area (Å²) in [5, 5.41) is 0. The van der Waals surface area contributed by atoms with Crippen LogP contribution in [0.15, 0.2) is 21.8 Å². The number of alkyl halides is 2. The molecule has 0 bridgehead atoms. The second kappa shape index (κ2) is 7.56. The van der Waals surface area contributed by atoms with Crippen molar-refractivity contribution in [3.8, 4) is 0 Å². The monoisotopic (exact) mass is 381 g/mol. The highest BCUT2D eigenvalue weighted by molar-refractivity contribution is 5.97. The first-order chi connectivity index (χ1) is 12.9. The number of aliphatic imine (C=N–C) groups is 2. The van der Waals surface area contributed by atoms with Gasteiger partial charge in [-0.15, -0.1) is 0 Å². The summed E-state index contributed by atoms with van der Waals surface area (Å²) in [5.74, 6) is -1.10. The van der Waals surface area contributed by atoms with Crippen LogP contribution in [0.1, 0.15) is 46.0 Å². The van der Waals surface area contributed by atoms with E-state index in [1.54, 1.807) is 6.34 Å². The van der Waals surface area contributed by atoms with Crippen molar-refractivity contribution in [1.29, 1.82) is 0 Å². The molecule has 6 nitrogen and oxygen atoms in total. The highest BCUT2D eigenvalue weighted by atomic mass is 19.3. The van der Waals surface area contributed by atoms with E-state index in [1.807, 2.05) is 13.8 Å². The Hall–Kier alpha value is -1.38. The number of halogens is 2. The van der Waals surface area contributed by atoms with Crippen molar-refractivity contribution in [1.82, 2.24) is 15.8 Å². The second-order valence-electron chi connectivity index (χ2n) is 8.28. The van der Waals surface area contributed by atoms with Crippen LogP contribution in [0.4, 0.5) is 8.78 Å². The summed E-state index contributed by atoms with van der Waals surface area (Å²) in [6, 6.07) is 0.484. The third-order valence-corrected chi connectivity index (χ3v) is 5.96. The molecule has 0 aromatic heterocycles. The lowest BCUT2D eigenvalue weighted by atomic mass is 9.81. The molecule has 0 radical (unpaired) electrons. The van der Waals surface area contributed by atoms with E-state index in [-0.39, 0.29) is 31.2 Å². The molecule has 1 aliphatic carbocycles. The number of rotatable bonds is 4. The molecule has 3 heterocycles. The van der Waals surface area contributed by atoms with E-state index in [9.17, 15) is 8.78 Å². The Kier molecular flexibility index (Phi) is 5.31. The predicted molar refractivity (Wildman–Crippen MR) is 101 cm³/mol. The lowest BCUT2D eigenvalue weighted by Crippen LogP contribution is -2.48. The van der Waals surface area contributed by atoms with Gasteiger partial charge in [0.1, 0.15) is 12.5 Å². The minimum atomic E-state index is -2.53. The Bertz CT molecular complexity index is 638. The third-order valence-electron chi connectivity index (χ3n) is 5.96. The summed E-state index contributed by atoms with van der Waals surface area (Å²) < 4.78 is 32.8. The average molecular weight is 381 g/mol. The molecule has 150 valence electrons. The van der Waals surface area contributed by atoms with E-state index < -0.39 is 5.92 Å². The smallest absolute Gasteiger partial charge is 0.250 e. The molecule has 0 aromatic rings. The molecule has 27 heavy (non-hydrogen) atoms. The molecule has 0 amide bonds. The maximum atomic E-state index is 13.5. The molecule has 2 N–H and O–H groups in total. The van der Waals surface area contributed by atoms with Gasteiger partial charge >= 0.3 is 0 Å². The van der Waals surface area contributed by atoms with Gasteiger partial charge in [-0.3, -0.25) is 15.3 Å². The number of fused-ring (bicyclic) bond motifs is 1. The number of allylic oxidation sites excluding steroid dienone is 1. The van der Waals surface area contributed by atoms with Crippen LogP contribution < -0.4 is 10.9 Å². The number of piperidine rings is 1. The van der Waals surface area contributed by atoms with Crippen LogP contribution in [0.3, 0.4) is 0 Å². The van der Waals surface area contributed by atoms with Crippen molar-refractivity contribution < 1.29 is 13.5 Å². The maximum absolute atomic E-state index is 13.5. The predicted octanol–water partition coefficient (Wildman–Crippen LogP) is 2.48. The fourth-order valence-electron chi connectivity index (χ4n) is 4.50. The van der Waals surface area contributed by atoms with Crippen LogP contribution in [-0.4, -0.2) is 60.3 Å². The number of hydrazine groups is 1. The molecule has 0 aromatic carbocycles. The van der Waals surface area contributed by atoms with Crippen LogP contribution in [0.2, 0.25) is 0 Å². The van der Waals surface area contributed by atoms with E-state index in [0.29, 0.717) is 31.5 Å². The van der Waals surface area contributed by atoms with Gasteiger partial charge in [0.05, 0.1) is 17.9 Å². The summed E-state index contributed by atoms with van der Waals surface area (Å²) in [4.78, 5) is 11.1. The maximum Gasteiger partial charge on any atom is 0.250 e. The standard InChI is InChI=1S/C19H29F2N5O/c1-12(2)27-13-3-4-15-14(9-13)18(25-24-15)16-10-17(23-11-22-16)26-7-5-19(20,21)6-8-26/h3,11-12,14-15,17-18,24-25H,4-10H2,1-2H3/t14-,15+,17+,18+/m0/s1. The van der Waals surface area contributed by atoms with Gasteiger partial charge in [0.25, 0.3) is 5.92 Å². The Balaban J connectivity index is 1.40. The minimum absolute atomic E-state index is 0.0832. The first-order valence-electron chi connectivity index (χ1n) is 9.98. The van der Waals surface area contributed by atoms with Crippen LogP contribution in [0.5, 0.6) is 0 Å². The summed E-state index contributed by atoms with van der Waals surface area (Å²) in [6.07, 6.45) is 6.21. The van der Waals surface area contributed by atoms with Gasteiger partial charge in [0, 0.05) is 56.4 Å². The highest BCUT2D eigenvalue weighted by Crippen LogP contribution is 2.34. The van der Waals surface area contributed by atoms with Gasteiger partial charge in [0.2, 0.25) is 0 Å². The van der Waals surface area contributed by atoms with E-state index in [4.69, 9.17) is 4.74 Å². The Labute approximate surface area is 159 Å². The largest absolute Gasteiger partial charge is 0.496 e. The van der Waals surface area contributed by atoms with Crippen LogP contribution >= 0.6 is 0 Å². The molecule has 4 atom stereocenters. The van der Waals surface area contributed by atoms with Gasteiger partial charge in [-0.2, -0.15) is 0 Å². The number of hydrogen-bond acceptors (Lipinski definition) is 6. The molecule has 3 aliphatic heterocycles. The van der Waals surface area contributed by atoms with Crippen molar-refractivity contribution in [2.45, 2.75) is 76.2 Å². The zero-order valence-corrected chi connectivity index (χ0v) is 16.0. The van der Waals surface area contributed by atoms with E-state index in [1.165, 1.54) is 0 Å². The lowest BCUT2D eigenvalue weighted by Gasteiger charge is -2.37. The highest BCUT2D eigenvalue weighted by Gasteiger charge is 2.43.